The van der Waals surface area contributed by atoms with E-state index in [1.165, 1.54) is 44.9 Å². The van der Waals surface area contributed by atoms with E-state index >= 15 is 0 Å². The second kappa shape index (κ2) is 3.14. The van der Waals surface area contributed by atoms with Crippen molar-refractivity contribution in [3.8, 4) is 0 Å². The molecular weight excluding hydrogens is 134 g/mol. The van der Waals surface area contributed by atoms with E-state index < -0.39 is 0 Å². The van der Waals surface area contributed by atoms with Gasteiger partial charge >= 0.3 is 0 Å². The van der Waals surface area contributed by atoms with Crippen molar-refractivity contribution in [1.82, 2.24) is 0 Å². The summed E-state index contributed by atoms with van der Waals surface area (Å²) in [5, 5.41) is 0. The summed E-state index contributed by atoms with van der Waals surface area (Å²) in [7, 11) is 0. The van der Waals surface area contributed by atoms with Crippen LogP contribution >= 0.6 is 0 Å². The van der Waals surface area contributed by atoms with Gasteiger partial charge in [0.2, 0.25) is 0 Å². The van der Waals surface area contributed by atoms with Gasteiger partial charge in [0.25, 0.3) is 0 Å². The van der Waals surface area contributed by atoms with Crippen LogP contribution in [0, 0.1) is 11.8 Å². The Kier molecular flexibility index (Phi) is 2.17. The zero-order valence-corrected chi connectivity index (χ0v) is 7.26. The summed E-state index contributed by atoms with van der Waals surface area (Å²) in [6.07, 6.45) is 9.96. The van der Waals surface area contributed by atoms with Gasteiger partial charge in [-0.25, -0.2) is 0 Å². The lowest BCUT2D eigenvalue weighted by atomic mass is 9.70. The third kappa shape index (κ3) is 1.58. The number of hydrogen-bond donors (Lipinski definition) is 1. The van der Waals surface area contributed by atoms with Gasteiger partial charge in [-0.15, -0.1) is 0 Å². The maximum atomic E-state index is 5.94. The van der Waals surface area contributed by atoms with Crippen molar-refractivity contribution < 1.29 is 0 Å². The molecule has 1 heteroatoms. The molecular formula is C10H19N. The van der Waals surface area contributed by atoms with E-state index in [-0.39, 0.29) is 0 Å². The molecule has 64 valence electrons. The lowest BCUT2D eigenvalue weighted by Crippen LogP contribution is -2.34. The first kappa shape index (κ1) is 7.60. The molecule has 0 spiro atoms. The molecule has 2 N–H and O–H groups in total. The fourth-order valence-corrected chi connectivity index (χ4v) is 2.91. The van der Waals surface area contributed by atoms with Crippen molar-refractivity contribution in [2.24, 2.45) is 17.6 Å². The van der Waals surface area contributed by atoms with Crippen LogP contribution in [-0.4, -0.2) is 6.04 Å². The van der Waals surface area contributed by atoms with Gasteiger partial charge in [-0.05, 0) is 31.1 Å². The van der Waals surface area contributed by atoms with Gasteiger partial charge in [0, 0.05) is 6.04 Å². The Morgan fingerprint density at radius 2 is 1.55 bits per heavy atom. The van der Waals surface area contributed by atoms with E-state index in [0.29, 0.717) is 6.04 Å². The van der Waals surface area contributed by atoms with Crippen LogP contribution < -0.4 is 5.73 Å². The molecule has 0 radical (unpaired) electrons. The lowest BCUT2D eigenvalue weighted by molar-refractivity contribution is 0.157. The Balaban J connectivity index is 1.93. The normalized spacial score (nSPS) is 45.0. The van der Waals surface area contributed by atoms with E-state index in [0.717, 1.165) is 11.8 Å². The zero-order valence-electron chi connectivity index (χ0n) is 7.26. The van der Waals surface area contributed by atoms with Crippen LogP contribution in [0.3, 0.4) is 0 Å². The van der Waals surface area contributed by atoms with Crippen LogP contribution in [0.1, 0.15) is 44.9 Å². The Hall–Kier alpha value is -0.0400. The van der Waals surface area contributed by atoms with Crippen molar-refractivity contribution >= 4 is 0 Å². The molecule has 11 heavy (non-hydrogen) atoms. The summed E-state index contributed by atoms with van der Waals surface area (Å²) in [5.41, 5.74) is 5.94. The lowest BCUT2D eigenvalue weighted by Gasteiger charge is -2.38. The van der Waals surface area contributed by atoms with Crippen LogP contribution in [0.4, 0.5) is 0 Å². The molecule has 0 saturated heterocycles. The van der Waals surface area contributed by atoms with Crippen LogP contribution in [0.25, 0.3) is 0 Å². The van der Waals surface area contributed by atoms with Crippen molar-refractivity contribution in [3.05, 3.63) is 0 Å². The Labute approximate surface area is 69.4 Å². The monoisotopic (exact) mass is 153 g/mol. The molecule has 0 amide bonds. The SMILES string of the molecule is NC1CCC2CCCC[C@@H]2C1. The number of rotatable bonds is 0. The summed E-state index contributed by atoms with van der Waals surface area (Å²) in [6, 6.07) is 0.536. The van der Waals surface area contributed by atoms with E-state index in [2.05, 4.69) is 0 Å². The van der Waals surface area contributed by atoms with Crippen molar-refractivity contribution in [3.63, 3.8) is 0 Å². The second-order valence-electron chi connectivity index (χ2n) is 4.38. The molecule has 2 fully saturated rings. The largest absolute Gasteiger partial charge is 0.328 e. The van der Waals surface area contributed by atoms with E-state index in [1.54, 1.807) is 0 Å². The summed E-state index contributed by atoms with van der Waals surface area (Å²) in [5.74, 6) is 2.07. The topological polar surface area (TPSA) is 26.0 Å². The van der Waals surface area contributed by atoms with Crippen molar-refractivity contribution in [1.29, 1.82) is 0 Å². The molecule has 0 aromatic heterocycles. The predicted molar refractivity (Wildman–Crippen MR) is 47.3 cm³/mol. The van der Waals surface area contributed by atoms with Crippen LogP contribution in [0.15, 0.2) is 0 Å². The van der Waals surface area contributed by atoms with E-state index in [1.807, 2.05) is 0 Å². The molecule has 2 aliphatic rings. The quantitative estimate of drug-likeness (QED) is 0.568. The molecule has 2 unspecified atom stereocenters. The van der Waals surface area contributed by atoms with Gasteiger partial charge in [0.15, 0.2) is 0 Å². The minimum Gasteiger partial charge on any atom is -0.328 e. The molecule has 0 bridgehead atoms. The standard InChI is InChI=1S/C10H19N/c11-10-6-5-8-3-1-2-4-9(8)7-10/h8-10H,1-7,11H2/t8?,9-,10?/m1/s1. The molecule has 0 aromatic rings. The fraction of sp³-hybridized carbons (Fsp3) is 1.00. The number of fused-ring (bicyclic) bond motifs is 1. The highest BCUT2D eigenvalue weighted by Crippen LogP contribution is 2.39. The smallest absolute Gasteiger partial charge is 0.00416 e. The average molecular weight is 153 g/mol. The third-order valence-corrected chi connectivity index (χ3v) is 3.58. The van der Waals surface area contributed by atoms with Gasteiger partial charge in [0.05, 0.1) is 0 Å². The highest BCUT2D eigenvalue weighted by Gasteiger charge is 2.30. The highest BCUT2D eigenvalue weighted by molar-refractivity contribution is 4.84. The predicted octanol–water partition coefficient (Wildman–Crippen LogP) is 2.30. The minimum atomic E-state index is 0.536. The maximum Gasteiger partial charge on any atom is 0.00416 e. The molecule has 3 atom stereocenters. The number of nitrogens with two attached hydrogens (primary N) is 1. The third-order valence-electron chi connectivity index (χ3n) is 3.58. The van der Waals surface area contributed by atoms with Gasteiger partial charge in [-0.2, -0.15) is 0 Å². The second-order valence-corrected chi connectivity index (χ2v) is 4.38. The minimum absolute atomic E-state index is 0.536. The number of hydrogen-bond acceptors (Lipinski definition) is 1. The molecule has 0 heterocycles. The first-order valence-electron chi connectivity index (χ1n) is 5.12. The first-order chi connectivity index (χ1) is 5.36. The van der Waals surface area contributed by atoms with Crippen LogP contribution in [-0.2, 0) is 0 Å². The highest BCUT2D eigenvalue weighted by atomic mass is 14.6. The van der Waals surface area contributed by atoms with Crippen molar-refractivity contribution in [2.75, 3.05) is 0 Å². The van der Waals surface area contributed by atoms with E-state index in [4.69, 9.17) is 5.73 Å². The maximum absolute atomic E-state index is 5.94. The molecule has 2 aliphatic carbocycles. The summed E-state index contributed by atoms with van der Waals surface area (Å²) in [4.78, 5) is 0. The van der Waals surface area contributed by atoms with Crippen LogP contribution in [0.5, 0.6) is 0 Å². The van der Waals surface area contributed by atoms with Crippen LogP contribution in [0.2, 0.25) is 0 Å². The van der Waals surface area contributed by atoms with Gasteiger partial charge in [-0.1, -0.05) is 25.7 Å². The molecule has 2 saturated carbocycles. The Morgan fingerprint density at radius 3 is 2.36 bits per heavy atom. The van der Waals surface area contributed by atoms with Gasteiger partial charge < -0.3 is 5.73 Å². The van der Waals surface area contributed by atoms with Gasteiger partial charge in [0.1, 0.15) is 0 Å². The zero-order chi connectivity index (χ0) is 7.68. The molecule has 0 aromatic carbocycles. The Bertz CT molecular complexity index is 133. The molecule has 2 rings (SSSR count). The summed E-state index contributed by atoms with van der Waals surface area (Å²) < 4.78 is 0. The summed E-state index contributed by atoms with van der Waals surface area (Å²) >= 11 is 0. The van der Waals surface area contributed by atoms with E-state index in [9.17, 15) is 0 Å². The van der Waals surface area contributed by atoms with Crippen molar-refractivity contribution in [2.45, 2.75) is 51.0 Å². The average Bonchev–Trinajstić information content (AvgIpc) is 2.04. The summed E-state index contributed by atoms with van der Waals surface area (Å²) in [6.45, 7) is 0. The fourth-order valence-electron chi connectivity index (χ4n) is 2.91. The van der Waals surface area contributed by atoms with Gasteiger partial charge in [-0.3, -0.25) is 0 Å². The Morgan fingerprint density at radius 1 is 0.818 bits per heavy atom. The molecule has 0 aliphatic heterocycles. The molecule has 1 nitrogen and oxygen atoms in total. The first-order valence-corrected chi connectivity index (χ1v) is 5.12.